The minimum Gasteiger partial charge on any atom is -0.334 e. The molecule has 1 aromatic heterocycles. The Labute approximate surface area is 97.3 Å². The summed E-state index contributed by atoms with van der Waals surface area (Å²) >= 11 is 0. The normalized spacial score (nSPS) is 11.9. The molecule has 0 fully saturated rings. The number of aryl methyl sites for hydroxylation is 1. The SMILES string of the molecule is CC(C)c1cc2ncn(C)c2cc1C(C)C. The minimum absolute atomic E-state index is 0.559. The summed E-state index contributed by atoms with van der Waals surface area (Å²) in [6, 6.07) is 4.54. The molecular formula is C14H20N2. The lowest BCUT2D eigenvalue weighted by molar-refractivity contribution is 0.791. The van der Waals surface area contributed by atoms with Crippen LogP contribution in [0.15, 0.2) is 18.5 Å². The molecule has 0 N–H and O–H groups in total. The summed E-state index contributed by atoms with van der Waals surface area (Å²) in [5, 5.41) is 0. The van der Waals surface area contributed by atoms with Gasteiger partial charge in [0.15, 0.2) is 0 Å². The maximum atomic E-state index is 4.42. The van der Waals surface area contributed by atoms with Gasteiger partial charge < -0.3 is 4.57 Å². The van der Waals surface area contributed by atoms with E-state index in [2.05, 4.69) is 56.4 Å². The predicted octanol–water partition coefficient (Wildman–Crippen LogP) is 3.82. The quantitative estimate of drug-likeness (QED) is 0.746. The van der Waals surface area contributed by atoms with Crippen LogP contribution in [0.25, 0.3) is 11.0 Å². The van der Waals surface area contributed by atoms with Crippen molar-refractivity contribution in [1.82, 2.24) is 9.55 Å². The molecule has 0 atom stereocenters. The lowest BCUT2D eigenvalue weighted by Gasteiger charge is -2.16. The minimum atomic E-state index is 0.559. The van der Waals surface area contributed by atoms with E-state index in [0.717, 1.165) is 5.52 Å². The Balaban J connectivity index is 2.73. The van der Waals surface area contributed by atoms with Gasteiger partial charge in [-0.1, -0.05) is 27.7 Å². The van der Waals surface area contributed by atoms with Crippen LogP contribution in [0.3, 0.4) is 0 Å². The molecule has 0 unspecified atom stereocenters. The van der Waals surface area contributed by atoms with E-state index in [0.29, 0.717) is 11.8 Å². The molecular weight excluding hydrogens is 196 g/mol. The largest absolute Gasteiger partial charge is 0.334 e. The number of fused-ring (bicyclic) bond motifs is 1. The fraction of sp³-hybridized carbons (Fsp3) is 0.500. The monoisotopic (exact) mass is 216 g/mol. The van der Waals surface area contributed by atoms with E-state index in [4.69, 9.17) is 0 Å². The van der Waals surface area contributed by atoms with E-state index in [-0.39, 0.29) is 0 Å². The summed E-state index contributed by atoms with van der Waals surface area (Å²) in [6.45, 7) is 9.00. The van der Waals surface area contributed by atoms with Crippen molar-refractivity contribution in [3.63, 3.8) is 0 Å². The highest BCUT2D eigenvalue weighted by atomic mass is 15.0. The van der Waals surface area contributed by atoms with Gasteiger partial charge in [0, 0.05) is 7.05 Å². The van der Waals surface area contributed by atoms with Gasteiger partial charge in [0.2, 0.25) is 0 Å². The highest BCUT2D eigenvalue weighted by Gasteiger charge is 2.13. The molecule has 2 rings (SSSR count). The van der Waals surface area contributed by atoms with Crippen molar-refractivity contribution >= 4 is 11.0 Å². The van der Waals surface area contributed by atoms with Crippen molar-refractivity contribution in [3.05, 3.63) is 29.6 Å². The van der Waals surface area contributed by atoms with Crippen LogP contribution in [-0.4, -0.2) is 9.55 Å². The summed E-state index contributed by atoms with van der Waals surface area (Å²) in [4.78, 5) is 4.42. The zero-order valence-electron chi connectivity index (χ0n) is 10.8. The van der Waals surface area contributed by atoms with Crippen LogP contribution >= 0.6 is 0 Å². The molecule has 0 aliphatic carbocycles. The molecule has 0 saturated carbocycles. The van der Waals surface area contributed by atoms with Gasteiger partial charge >= 0.3 is 0 Å². The molecule has 2 aromatic rings. The Hall–Kier alpha value is -1.31. The first-order chi connectivity index (χ1) is 7.50. The number of nitrogens with zero attached hydrogens (tertiary/aromatic N) is 2. The van der Waals surface area contributed by atoms with Gasteiger partial charge in [-0.3, -0.25) is 0 Å². The molecule has 16 heavy (non-hydrogen) atoms. The highest BCUT2D eigenvalue weighted by molar-refractivity contribution is 5.77. The molecule has 0 spiro atoms. The Morgan fingerprint density at radius 3 is 2.12 bits per heavy atom. The third-order valence-corrected chi connectivity index (χ3v) is 3.17. The van der Waals surface area contributed by atoms with Crippen LogP contribution in [0, 0.1) is 0 Å². The van der Waals surface area contributed by atoms with Gasteiger partial charge in [0.1, 0.15) is 0 Å². The molecule has 0 radical (unpaired) electrons. The van der Waals surface area contributed by atoms with Gasteiger partial charge in [-0.2, -0.15) is 0 Å². The summed E-state index contributed by atoms with van der Waals surface area (Å²) in [5.74, 6) is 1.13. The van der Waals surface area contributed by atoms with Crippen LogP contribution in [0.2, 0.25) is 0 Å². The fourth-order valence-corrected chi connectivity index (χ4v) is 2.21. The first kappa shape index (κ1) is 11.2. The second-order valence-corrected chi connectivity index (χ2v) is 5.13. The summed E-state index contributed by atoms with van der Waals surface area (Å²) < 4.78 is 2.09. The zero-order chi connectivity index (χ0) is 11.9. The van der Waals surface area contributed by atoms with Crippen LogP contribution in [-0.2, 0) is 7.05 Å². The second-order valence-electron chi connectivity index (χ2n) is 5.13. The predicted molar refractivity (Wildman–Crippen MR) is 68.9 cm³/mol. The second kappa shape index (κ2) is 3.93. The van der Waals surface area contributed by atoms with Crippen molar-refractivity contribution in [1.29, 1.82) is 0 Å². The van der Waals surface area contributed by atoms with E-state index in [1.165, 1.54) is 16.6 Å². The average Bonchev–Trinajstić information content (AvgIpc) is 2.58. The summed E-state index contributed by atoms with van der Waals surface area (Å²) in [7, 11) is 2.05. The molecule has 0 saturated heterocycles. The Bertz CT molecular complexity index is 507. The number of hydrogen-bond donors (Lipinski definition) is 0. The van der Waals surface area contributed by atoms with Crippen molar-refractivity contribution in [3.8, 4) is 0 Å². The summed E-state index contributed by atoms with van der Waals surface area (Å²) in [6.07, 6.45) is 1.89. The van der Waals surface area contributed by atoms with E-state index < -0.39 is 0 Å². The number of rotatable bonds is 2. The van der Waals surface area contributed by atoms with Gasteiger partial charge in [-0.25, -0.2) is 4.98 Å². The van der Waals surface area contributed by atoms with Gasteiger partial charge in [-0.05, 0) is 35.1 Å². The first-order valence-corrected chi connectivity index (χ1v) is 5.95. The van der Waals surface area contributed by atoms with Crippen molar-refractivity contribution < 1.29 is 0 Å². The lowest BCUT2D eigenvalue weighted by atomic mass is 9.90. The third kappa shape index (κ3) is 1.73. The molecule has 1 aromatic carbocycles. The number of benzene rings is 1. The Morgan fingerprint density at radius 2 is 1.56 bits per heavy atom. The van der Waals surface area contributed by atoms with Crippen molar-refractivity contribution in [2.45, 2.75) is 39.5 Å². The number of aromatic nitrogens is 2. The van der Waals surface area contributed by atoms with Gasteiger partial charge in [0.05, 0.1) is 17.4 Å². The smallest absolute Gasteiger partial charge is 0.0955 e. The third-order valence-electron chi connectivity index (χ3n) is 3.17. The van der Waals surface area contributed by atoms with Crippen LogP contribution < -0.4 is 0 Å². The van der Waals surface area contributed by atoms with E-state index >= 15 is 0 Å². The molecule has 0 aliphatic rings. The van der Waals surface area contributed by atoms with E-state index in [1.54, 1.807) is 0 Å². The van der Waals surface area contributed by atoms with Crippen LogP contribution in [0.4, 0.5) is 0 Å². The fourth-order valence-electron chi connectivity index (χ4n) is 2.21. The topological polar surface area (TPSA) is 17.8 Å². The molecule has 86 valence electrons. The Morgan fingerprint density at radius 1 is 1.00 bits per heavy atom. The van der Waals surface area contributed by atoms with E-state index in [1.807, 2.05) is 6.33 Å². The average molecular weight is 216 g/mol. The molecule has 0 aliphatic heterocycles. The maximum Gasteiger partial charge on any atom is 0.0955 e. The molecule has 1 heterocycles. The lowest BCUT2D eigenvalue weighted by Crippen LogP contribution is -1.99. The van der Waals surface area contributed by atoms with Crippen molar-refractivity contribution in [2.75, 3.05) is 0 Å². The van der Waals surface area contributed by atoms with Gasteiger partial charge in [0.25, 0.3) is 0 Å². The molecule has 0 amide bonds. The maximum absolute atomic E-state index is 4.42. The molecule has 0 bridgehead atoms. The Kier molecular flexibility index (Phi) is 2.75. The number of imidazole rings is 1. The van der Waals surface area contributed by atoms with Crippen LogP contribution in [0.5, 0.6) is 0 Å². The number of hydrogen-bond acceptors (Lipinski definition) is 1. The first-order valence-electron chi connectivity index (χ1n) is 5.95. The van der Waals surface area contributed by atoms with E-state index in [9.17, 15) is 0 Å². The standard InChI is InChI=1S/C14H20N2/c1-9(2)11-6-13-14(16(5)8-15-13)7-12(11)10(3)4/h6-10H,1-5H3. The molecule has 2 nitrogen and oxygen atoms in total. The van der Waals surface area contributed by atoms with Gasteiger partial charge in [-0.15, -0.1) is 0 Å². The van der Waals surface area contributed by atoms with Crippen molar-refractivity contribution in [2.24, 2.45) is 7.05 Å². The highest BCUT2D eigenvalue weighted by Crippen LogP contribution is 2.29. The molecule has 2 heteroatoms. The van der Waals surface area contributed by atoms with Crippen LogP contribution in [0.1, 0.15) is 50.7 Å². The summed E-state index contributed by atoms with van der Waals surface area (Å²) in [5.41, 5.74) is 5.22. The zero-order valence-corrected chi connectivity index (χ0v) is 10.8.